The van der Waals surface area contributed by atoms with Crippen molar-refractivity contribution in [2.45, 2.75) is 13.8 Å². The lowest BCUT2D eigenvalue weighted by Crippen LogP contribution is -2.20. The molecule has 2 rings (SSSR count). The van der Waals surface area contributed by atoms with E-state index in [1.54, 1.807) is 24.5 Å². The van der Waals surface area contributed by atoms with E-state index in [1.165, 1.54) is 17.4 Å². The molecule has 21 heavy (non-hydrogen) atoms. The standard InChI is InChI=1S/C15H16N2O2S2/c1-9-10(2)21-15(13(9)14(19)16-3)17-12(18)7-6-11-5-4-8-20-11/h4-8H,1-3H3,(H,16,19)(H,17,18). The second-order valence-corrected chi connectivity index (χ2v) is 6.61. The summed E-state index contributed by atoms with van der Waals surface area (Å²) in [5, 5.41) is 7.93. The van der Waals surface area contributed by atoms with Crippen molar-refractivity contribution in [2.24, 2.45) is 0 Å². The van der Waals surface area contributed by atoms with Gasteiger partial charge in [0.25, 0.3) is 5.91 Å². The average Bonchev–Trinajstić information content (AvgIpc) is 3.06. The van der Waals surface area contributed by atoms with Crippen molar-refractivity contribution in [3.63, 3.8) is 0 Å². The number of rotatable bonds is 4. The molecular formula is C15H16N2O2S2. The molecule has 2 amide bonds. The fourth-order valence-corrected chi connectivity index (χ4v) is 3.49. The smallest absolute Gasteiger partial charge is 0.254 e. The van der Waals surface area contributed by atoms with Crippen LogP contribution in [0.15, 0.2) is 23.6 Å². The second-order valence-electron chi connectivity index (χ2n) is 4.40. The third-order valence-electron chi connectivity index (χ3n) is 3.02. The molecule has 2 N–H and O–H groups in total. The number of hydrogen-bond acceptors (Lipinski definition) is 4. The van der Waals surface area contributed by atoms with Gasteiger partial charge in [0, 0.05) is 22.9 Å². The van der Waals surface area contributed by atoms with Crippen molar-refractivity contribution in [3.8, 4) is 0 Å². The summed E-state index contributed by atoms with van der Waals surface area (Å²) in [6, 6.07) is 3.86. The fourth-order valence-electron chi connectivity index (χ4n) is 1.81. The summed E-state index contributed by atoms with van der Waals surface area (Å²) < 4.78 is 0. The molecule has 0 spiro atoms. The molecule has 0 atom stereocenters. The zero-order valence-corrected chi connectivity index (χ0v) is 13.7. The van der Waals surface area contributed by atoms with E-state index < -0.39 is 0 Å². The van der Waals surface area contributed by atoms with E-state index in [-0.39, 0.29) is 11.8 Å². The van der Waals surface area contributed by atoms with Gasteiger partial charge in [-0.3, -0.25) is 9.59 Å². The van der Waals surface area contributed by atoms with Crippen LogP contribution in [-0.4, -0.2) is 18.9 Å². The van der Waals surface area contributed by atoms with Gasteiger partial charge < -0.3 is 10.6 Å². The zero-order valence-electron chi connectivity index (χ0n) is 12.0. The summed E-state index contributed by atoms with van der Waals surface area (Å²) in [5.74, 6) is -0.427. The Morgan fingerprint density at radius 2 is 2.05 bits per heavy atom. The predicted octanol–water partition coefficient (Wildman–Crippen LogP) is 3.44. The van der Waals surface area contributed by atoms with Crippen LogP contribution in [0.5, 0.6) is 0 Å². The van der Waals surface area contributed by atoms with Crippen LogP contribution < -0.4 is 10.6 Å². The summed E-state index contributed by atoms with van der Waals surface area (Å²) >= 11 is 2.97. The Morgan fingerprint density at radius 3 is 2.67 bits per heavy atom. The van der Waals surface area contributed by atoms with E-state index >= 15 is 0 Å². The van der Waals surface area contributed by atoms with Gasteiger partial charge in [-0.05, 0) is 36.9 Å². The third-order valence-corrected chi connectivity index (χ3v) is 4.98. The highest BCUT2D eigenvalue weighted by molar-refractivity contribution is 7.16. The van der Waals surface area contributed by atoms with Crippen LogP contribution in [0.25, 0.3) is 6.08 Å². The lowest BCUT2D eigenvalue weighted by Gasteiger charge is -2.04. The molecule has 0 saturated carbocycles. The predicted molar refractivity (Wildman–Crippen MR) is 89.2 cm³/mol. The van der Waals surface area contributed by atoms with E-state index in [9.17, 15) is 9.59 Å². The lowest BCUT2D eigenvalue weighted by molar-refractivity contribution is -0.111. The topological polar surface area (TPSA) is 58.2 Å². The van der Waals surface area contributed by atoms with E-state index in [2.05, 4.69) is 10.6 Å². The van der Waals surface area contributed by atoms with Crippen LogP contribution in [0, 0.1) is 13.8 Å². The number of carbonyl (C=O) groups is 2. The van der Waals surface area contributed by atoms with Crippen molar-refractivity contribution in [1.29, 1.82) is 0 Å². The van der Waals surface area contributed by atoms with Gasteiger partial charge in [-0.1, -0.05) is 6.07 Å². The van der Waals surface area contributed by atoms with Gasteiger partial charge in [-0.2, -0.15) is 0 Å². The Morgan fingerprint density at radius 1 is 1.29 bits per heavy atom. The first-order valence-corrected chi connectivity index (χ1v) is 8.07. The molecule has 0 radical (unpaired) electrons. The van der Waals surface area contributed by atoms with Crippen molar-refractivity contribution >= 4 is 45.6 Å². The summed E-state index contributed by atoms with van der Waals surface area (Å²) in [4.78, 5) is 25.9. The first kappa shape index (κ1) is 15.5. The molecule has 0 aliphatic carbocycles. The van der Waals surface area contributed by atoms with Crippen molar-refractivity contribution in [3.05, 3.63) is 44.5 Å². The molecule has 2 aromatic heterocycles. The minimum Gasteiger partial charge on any atom is -0.355 e. The molecule has 0 saturated heterocycles. The van der Waals surface area contributed by atoms with E-state index in [4.69, 9.17) is 0 Å². The molecule has 0 bridgehead atoms. The number of nitrogens with one attached hydrogen (secondary N) is 2. The molecule has 2 heterocycles. The van der Waals surface area contributed by atoms with Gasteiger partial charge in [0.05, 0.1) is 5.56 Å². The van der Waals surface area contributed by atoms with Crippen LogP contribution in [0.1, 0.15) is 25.7 Å². The monoisotopic (exact) mass is 320 g/mol. The van der Waals surface area contributed by atoms with Gasteiger partial charge >= 0.3 is 0 Å². The van der Waals surface area contributed by atoms with Crippen molar-refractivity contribution in [1.82, 2.24) is 5.32 Å². The molecule has 0 fully saturated rings. The minimum atomic E-state index is -0.241. The van der Waals surface area contributed by atoms with E-state index in [0.717, 1.165) is 15.3 Å². The Kier molecular flexibility index (Phi) is 4.93. The Hall–Kier alpha value is -1.92. The first-order valence-electron chi connectivity index (χ1n) is 6.37. The van der Waals surface area contributed by atoms with Gasteiger partial charge in [-0.25, -0.2) is 0 Å². The quantitative estimate of drug-likeness (QED) is 0.848. The maximum absolute atomic E-state index is 12.0. The molecular weight excluding hydrogens is 304 g/mol. The average molecular weight is 320 g/mol. The molecule has 0 aromatic carbocycles. The highest BCUT2D eigenvalue weighted by Crippen LogP contribution is 2.32. The first-order chi connectivity index (χ1) is 10.0. The fraction of sp³-hybridized carbons (Fsp3) is 0.200. The summed E-state index contributed by atoms with van der Waals surface area (Å²) in [6.45, 7) is 3.82. The molecule has 6 heteroatoms. The van der Waals surface area contributed by atoms with Crippen molar-refractivity contribution < 1.29 is 9.59 Å². The number of hydrogen-bond donors (Lipinski definition) is 2. The van der Waals surface area contributed by atoms with Gasteiger partial charge in [0.15, 0.2) is 0 Å². The van der Waals surface area contributed by atoms with Gasteiger partial charge in [0.2, 0.25) is 5.91 Å². The van der Waals surface area contributed by atoms with Crippen LogP contribution in [0.4, 0.5) is 5.00 Å². The Balaban J connectivity index is 2.17. The van der Waals surface area contributed by atoms with Gasteiger partial charge in [-0.15, -0.1) is 22.7 Å². The molecule has 2 aromatic rings. The number of anilines is 1. The van der Waals surface area contributed by atoms with Crippen molar-refractivity contribution in [2.75, 3.05) is 12.4 Å². The molecule has 110 valence electrons. The Bertz CT molecular complexity index is 685. The maximum atomic E-state index is 12.0. The molecule has 0 aliphatic heterocycles. The number of aryl methyl sites for hydroxylation is 1. The lowest BCUT2D eigenvalue weighted by atomic mass is 10.1. The number of thiophene rings is 2. The largest absolute Gasteiger partial charge is 0.355 e. The third kappa shape index (κ3) is 3.59. The zero-order chi connectivity index (χ0) is 15.4. The number of amides is 2. The second kappa shape index (κ2) is 6.69. The summed E-state index contributed by atoms with van der Waals surface area (Å²) in [6.07, 6.45) is 3.23. The summed E-state index contributed by atoms with van der Waals surface area (Å²) in [7, 11) is 1.58. The van der Waals surface area contributed by atoms with Crippen LogP contribution in [0.2, 0.25) is 0 Å². The Labute approximate surface area is 131 Å². The SMILES string of the molecule is CNC(=O)c1c(NC(=O)C=Cc2cccs2)sc(C)c1C. The van der Waals surface area contributed by atoms with E-state index in [1.807, 2.05) is 31.4 Å². The number of carbonyl (C=O) groups excluding carboxylic acids is 2. The highest BCUT2D eigenvalue weighted by atomic mass is 32.1. The van der Waals surface area contributed by atoms with Crippen LogP contribution >= 0.6 is 22.7 Å². The molecule has 0 unspecified atom stereocenters. The van der Waals surface area contributed by atoms with E-state index in [0.29, 0.717) is 10.6 Å². The highest BCUT2D eigenvalue weighted by Gasteiger charge is 2.19. The van der Waals surface area contributed by atoms with Gasteiger partial charge in [0.1, 0.15) is 5.00 Å². The van der Waals surface area contributed by atoms with Crippen LogP contribution in [-0.2, 0) is 4.79 Å². The summed E-state index contributed by atoms with van der Waals surface area (Å²) in [5.41, 5.74) is 1.44. The maximum Gasteiger partial charge on any atom is 0.254 e. The minimum absolute atomic E-state index is 0.186. The van der Waals surface area contributed by atoms with Crippen LogP contribution in [0.3, 0.4) is 0 Å². The normalized spacial score (nSPS) is 10.8. The molecule has 0 aliphatic rings. The molecule has 4 nitrogen and oxygen atoms in total.